The second-order valence-corrected chi connectivity index (χ2v) is 12.0. The molecule has 0 aromatic heterocycles. The second-order valence-electron chi connectivity index (χ2n) is 12.0. The van der Waals surface area contributed by atoms with E-state index in [9.17, 15) is 9.59 Å². The lowest BCUT2D eigenvalue weighted by atomic mass is 9.72. The smallest absolute Gasteiger partial charge is 0.252 e. The summed E-state index contributed by atoms with van der Waals surface area (Å²) in [4.78, 5) is 23.5. The van der Waals surface area contributed by atoms with Crippen LogP contribution in [0, 0.1) is 24.7 Å². The number of fused-ring (bicyclic) bond motifs is 1. The van der Waals surface area contributed by atoms with Gasteiger partial charge in [0.15, 0.2) is 0 Å². The summed E-state index contributed by atoms with van der Waals surface area (Å²) in [6.07, 6.45) is 16.4. The Morgan fingerprint density at radius 2 is 1.44 bits per heavy atom. The van der Waals surface area contributed by atoms with E-state index in [1.165, 1.54) is 94.5 Å². The zero-order valence-electron chi connectivity index (χ0n) is 26.3. The first-order chi connectivity index (χ1) is 20.5. The first-order valence-corrected chi connectivity index (χ1v) is 16.1. The number of aryl methyl sites for hydroxylation is 1. The van der Waals surface area contributed by atoms with Crippen LogP contribution in [0.5, 0.6) is 0 Å². The number of aldehydes is 1. The predicted molar refractivity (Wildman–Crippen MR) is 186 cm³/mol. The summed E-state index contributed by atoms with van der Waals surface area (Å²) in [5.41, 5.74) is 3.73. The van der Waals surface area contributed by atoms with Crippen molar-refractivity contribution in [3.8, 4) is 0 Å². The molecule has 2 fully saturated rings. The number of rotatable bonds is 6. The molecule has 2 aliphatic rings. The molecular formula is C38H55BN2O2. The minimum absolute atomic E-state index is 0. The summed E-state index contributed by atoms with van der Waals surface area (Å²) in [6, 6.07) is 20.2. The topological polar surface area (TPSA) is 58.2 Å². The second kappa shape index (κ2) is 19.3. The van der Waals surface area contributed by atoms with E-state index in [0.717, 1.165) is 28.7 Å². The van der Waals surface area contributed by atoms with Crippen LogP contribution in [0.4, 0.5) is 5.69 Å². The Balaban J connectivity index is 0.000000297. The molecule has 2 saturated carbocycles. The summed E-state index contributed by atoms with van der Waals surface area (Å²) in [5, 5.41) is 8.57. The van der Waals surface area contributed by atoms with Gasteiger partial charge < -0.3 is 15.4 Å². The van der Waals surface area contributed by atoms with Crippen molar-refractivity contribution >= 4 is 36.5 Å². The largest absolute Gasteiger partial charge is 0.388 e. The van der Waals surface area contributed by atoms with Gasteiger partial charge in [-0.05, 0) is 85.4 Å². The Bertz CT molecular complexity index is 1240. The predicted octanol–water partition coefficient (Wildman–Crippen LogP) is 9.87. The molecule has 5 heteroatoms. The SMILES string of the molecule is C.CNc1ccc(C)c(C(=O)NC(C)c2cccc3ccccc23)c1.O=CC1CCC(C2CCCCCCC2)CC1.[B]C. The van der Waals surface area contributed by atoms with Gasteiger partial charge in [0.05, 0.1) is 13.9 Å². The van der Waals surface area contributed by atoms with E-state index in [2.05, 4.69) is 42.7 Å². The highest BCUT2D eigenvalue weighted by Gasteiger charge is 2.27. The summed E-state index contributed by atoms with van der Waals surface area (Å²) >= 11 is 0. The van der Waals surface area contributed by atoms with Crippen molar-refractivity contribution in [3.63, 3.8) is 0 Å². The summed E-state index contributed by atoms with van der Waals surface area (Å²) in [6.45, 7) is 5.48. The molecule has 2 aliphatic carbocycles. The first-order valence-electron chi connectivity index (χ1n) is 16.1. The van der Waals surface area contributed by atoms with Gasteiger partial charge in [-0.1, -0.05) is 108 Å². The molecular weight excluding hydrogens is 527 g/mol. The van der Waals surface area contributed by atoms with Gasteiger partial charge in [0.2, 0.25) is 0 Å². The van der Waals surface area contributed by atoms with E-state index in [-0.39, 0.29) is 19.4 Å². The molecule has 0 saturated heterocycles. The average molecular weight is 583 g/mol. The maximum absolute atomic E-state index is 12.7. The molecule has 3 aromatic rings. The standard InChI is InChI=1S/C21H22N2O.C15H26O.CH3B.CH4/c1-14-11-12-17(22-3)13-20(14)21(24)23-15(2)18-10-6-8-16-7-4-5-9-19(16)18;16-12-13-8-10-15(11-9-13)14-6-4-2-1-3-5-7-14;1-2;/h4-13,15,22H,1-3H3,(H,23,24);12-15H,1-11H2;1H3;1H4. The van der Waals surface area contributed by atoms with E-state index in [1.54, 1.807) is 0 Å². The van der Waals surface area contributed by atoms with Gasteiger partial charge in [0.25, 0.3) is 5.91 Å². The van der Waals surface area contributed by atoms with Gasteiger partial charge in [-0.2, -0.15) is 0 Å². The molecule has 0 aliphatic heterocycles. The summed E-state index contributed by atoms with van der Waals surface area (Å²) < 4.78 is 0. The molecule has 3 aromatic carbocycles. The van der Waals surface area contributed by atoms with Crippen LogP contribution in [0.2, 0.25) is 6.82 Å². The van der Waals surface area contributed by atoms with Crippen molar-refractivity contribution in [2.24, 2.45) is 17.8 Å². The van der Waals surface area contributed by atoms with Crippen molar-refractivity contribution in [1.82, 2.24) is 5.32 Å². The fraction of sp³-hybridized carbons (Fsp3) is 0.526. The van der Waals surface area contributed by atoms with E-state index < -0.39 is 0 Å². The minimum Gasteiger partial charge on any atom is -0.388 e. The highest BCUT2D eigenvalue weighted by atomic mass is 16.1. The van der Waals surface area contributed by atoms with Gasteiger partial charge in [-0.3, -0.25) is 4.79 Å². The molecule has 5 rings (SSSR count). The van der Waals surface area contributed by atoms with E-state index in [4.69, 9.17) is 0 Å². The third-order valence-electron chi connectivity index (χ3n) is 9.23. The van der Waals surface area contributed by atoms with Gasteiger partial charge >= 0.3 is 0 Å². The molecule has 4 nitrogen and oxygen atoms in total. The van der Waals surface area contributed by atoms with Crippen LogP contribution in [0.15, 0.2) is 60.7 Å². The fourth-order valence-corrected chi connectivity index (χ4v) is 6.71. The van der Waals surface area contributed by atoms with Gasteiger partial charge in [-0.15, -0.1) is 0 Å². The zero-order chi connectivity index (χ0) is 30.3. The van der Waals surface area contributed by atoms with Crippen LogP contribution in [0.3, 0.4) is 0 Å². The van der Waals surface area contributed by atoms with E-state index in [1.807, 2.05) is 57.3 Å². The lowest BCUT2D eigenvalue weighted by molar-refractivity contribution is -0.112. The van der Waals surface area contributed by atoms with Crippen LogP contribution in [-0.2, 0) is 4.79 Å². The van der Waals surface area contributed by atoms with E-state index in [0.29, 0.717) is 11.5 Å². The van der Waals surface area contributed by atoms with Crippen molar-refractivity contribution < 1.29 is 9.59 Å². The number of hydrogen-bond donors (Lipinski definition) is 2. The third kappa shape index (κ3) is 10.6. The maximum Gasteiger partial charge on any atom is 0.252 e. The fourth-order valence-electron chi connectivity index (χ4n) is 6.71. The Hall–Kier alpha value is -3.08. The van der Waals surface area contributed by atoms with Crippen LogP contribution < -0.4 is 10.6 Å². The maximum atomic E-state index is 12.7. The molecule has 43 heavy (non-hydrogen) atoms. The molecule has 0 spiro atoms. The highest BCUT2D eigenvalue weighted by Crippen LogP contribution is 2.38. The normalized spacial score (nSPS) is 19.4. The zero-order valence-corrected chi connectivity index (χ0v) is 26.3. The molecule has 0 heterocycles. The van der Waals surface area contributed by atoms with Crippen molar-refractivity contribution in [2.45, 2.75) is 105 Å². The molecule has 2 N–H and O–H groups in total. The number of carbonyl (C=O) groups excluding carboxylic acids is 2. The Morgan fingerprint density at radius 3 is 2.09 bits per heavy atom. The molecule has 0 bridgehead atoms. The first kappa shape index (κ1) is 36.1. The summed E-state index contributed by atoms with van der Waals surface area (Å²) in [5.74, 6) is 2.29. The molecule has 2 radical (unpaired) electrons. The van der Waals surface area contributed by atoms with Crippen molar-refractivity contribution in [3.05, 3.63) is 77.4 Å². The van der Waals surface area contributed by atoms with Crippen LogP contribution in [0.1, 0.15) is 113 Å². The number of carbonyl (C=O) groups is 2. The Morgan fingerprint density at radius 1 is 0.837 bits per heavy atom. The van der Waals surface area contributed by atoms with Gasteiger partial charge in [0, 0.05) is 24.2 Å². The lowest BCUT2D eigenvalue weighted by Crippen LogP contribution is -2.27. The number of nitrogens with one attached hydrogen (secondary N) is 2. The molecule has 1 atom stereocenters. The van der Waals surface area contributed by atoms with Crippen LogP contribution >= 0.6 is 0 Å². The number of hydrogen-bond acceptors (Lipinski definition) is 3. The summed E-state index contributed by atoms with van der Waals surface area (Å²) in [7, 11) is 6.35. The quantitative estimate of drug-likeness (QED) is 0.225. The van der Waals surface area contributed by atoms with Crippen molar-refractivity contribution in [1.29, 1.82) is 0 Å². The third-order valence-corrected chi connectivity index (χ3v) is 9.23. The number of benzene rings is 3. The molecule has 1 amide bonds. The lowest BCUT2D eigenvalue weighted by Gasteiger charge is -2.33. The Kier molecular flexibility index (Phi) is 16.2. The van der Waals surface area contributed by atoms with E-state index >= 15 is 0 Å². The molecule has 1 unspecified atom stereocenters. The average Bonchev–Trinajstić information content (AvgIpc) is 3.02. The number of anilines is 1. The van der Waals surface area contributed by atoms with Crippen molar-refractivity contribution in [2.75, 3.05) is 12.4 Å². The minimum atomic E-state index is -0.0683. The van der Waals surface area contributed by atoms with Gasteiger partial charge in [-0.25, -0.2) is 0 Å². The highest BCUT2D eigenvalue weighted by molar-refractivity contribution is 6.05. The van der Waals surface area contributed by atoms with Crippen LogP contribution in [-0.4, -0.2) is 27.1 Å². The number of amides is 1. The molecule has 232 valence electrons. The Labute approximate surface area is 263 Å². The van der Waals surface area contributed by atoms with Gasteiger partial charge in [0.1, 0.15) is 6.29 Å². The van der Waals surface area contributed by atoms with Crippen LogP contribution in [0.25, 0.3) is 10.8 Å². The monoisotopic (exact) mass is 582 g/mol.